The molecule has 3 amide bonds. The molecular formula is C18H16FN3O3. The van der Waals surface area contributed by atoms with E-state index in [1.807, 2.05) is 6.07 Å². The number of nitrogens with one attached hydrogen (secondary N) is 1. The van der Waals surface area contributed by atoms with E-state index in [2.05, 4.69) is 5.32 Å². The zero-order valence-corrected chi connectivity index (χ0v) is 13.3. The normalized spacial score (nSPS) is 17.6. The second-order valence-electron chi connectivity index (χ2n) is 6.14. The third kappa shape index (κ3) is 2.77. The molecule has 2 heterocycles. The van der Waals surface area contributed by atoms with Gasteiger partial charge in [-0.2, -0.15) is 0 Å². The topological polar surface area (TPSA) is 84.7 Å². The molecular weight excluding hydrogens is 325 g/mol. The zero-order chi connectivity index (χ0) is 17.6. The van der Waals surface area contributed by atoms with Crippen molar-refractivity contribution in [2.45, 2.75) is 18.9 Å². The van der Waals surface area contributed by atoms with Crippen LogP contribution in [0, 0.1) is 5.82 Å². The molecule has 0 spiro atoms. The van der Waals surface area contributed by atoms with E-state index in [0.29, 0.717) is 36.4 Å². The lowest BCUT2D eigenvalue weighted by atomic mass is 10.1. The molecule has 0 aliphatic carbocycles. The third-order valence-electron chi connectivity index (χ3n) is 4.50. The second-order valence-corrected chi connectivity index (χ2v) is 6.14. The number of fused-ring (bicyclic) bond motifs is 2. The highest BCUT2D eigenvalue weighted by Gasteiger charge is 2.30. The van der Waals surface area contributed by atoms with Gasteiger partial charge in [-0.15, -0.1) is 0 Å². The molecule has 3 N–H and O–H groups in total. The molecule has 2 aliphatic rings. The number of benzene rings is 2. The summed E-state index contributed by atoms with van der Waals surface area (Å²) in [5, 5.41) is 2.81. The zero-order valence-electron chi connectivity index (χ0n) is 13.3. The van der Waals surface area contributed by atoms with Crippen molar-refractivity contribution >= 4 is 23.3 Å². The fourth-order valence-electron chi connectivity index (χ4n) is 3.29. The van der Waals surface area contributed by atoms with Crippen LogP contribution in [0.15, 0.2) is 36.4 Å². The predicted octanol–water partition coefficient (Wildman–Crippen LogP) is 2.21. The Labute approximate surface area is 143 Å². The van der Waals surface area contributed by atoms with Crippen molar-refractivity contribution in [3.05, 3.63) is 53.3 Å². The number of ether oxygens (including phenoxy) is 1. The first-order valence-electron chi connectivity index (χ1n) is 7.97. The Kier molecular flexibility index (Phi) is 3.56. The SMILES string of the molecule is NC(=O)N1CCc2cc(NC(=O)[C@@H]3Cc4cc(F)ccc4O3)ccc21. The smallest absolute Gasteiger partial charge is 0.319 e. The highest BCUT2D eigenvalue weighted by Crippen LogP contribution is 2.32. The first-order valence-corrected chi connectivity index (χ1v) is 7.97. The fourth-order valence-corrected chi connectivity index (χ4v) is 3.29. The number of hydrogen-bond acceptors (Lipinski definition) is 3. The van der Waals surface area contributed by atoms with E-state index in [1.54, 1.807) is 12.1 Å². The Morgan fingerprint density at radius 1 is 1.20 bits per heavy atom. The van der Waals surface area contributed by atoms with Crippen molar-refractivity contribution in [3.63, 3.8) is 0 Å². The predicted molar refractivity (Wildman–Crippen MR) is 90.2 cm³/mol. The van der Waals surface area contributed by atoms with Crippen LogP contribution in [0.1, 0.15) is 11.1 Å². The van der Waals surface area contributed by atoms with Gasteiger partial charge >= 0.3 is 6.03 Å². The average molecular weight is 341 g/mol. The third-order valence-corrected chi connectivity index (χ3v) is 4.50. The summed E-state index contributed by atoms with van der Waals surface area (Å²) in [7, 11) is 0. The molecule has 0 saturated carbocycles. The maximum atomic E-state index is 13.3. The fraction of sp³-hybridized carbons (Fsp3) is 0.222. The van der Waals surface area contributed by atoms with Gasteiger partial charge in [-0.1, -0.05) is 0 Å². The average Bonchev–Trinajstić information content (AvgIpc) is 3.17. The van der Waals surface area contributed by atoms with E-state index in [9.17, 15) is 14.0 Å². The molecule has 128 valence electrons. The molecule has 25 heavy (non-hydrogen) atoms. The number of nitrogens with zero attached hydrogens (tertiary/aromatic N) is 1. The number of anilines is 2. The van der Waals surface area contributed by atoms with Gasteiger partial charge in [-0.3, -0.25) is 9.69 Å². The summed E-state index contributed by atoms with van der Waals surface area (Å²) in [4.78, 5) is 25.3. The summed E-state index contributed by atoms with van der Waals surface area (Å²) in [6, 6.07) is 9.06. The van der Waals surface area contributed by atoms with E-state index < -0.39 is 12.1 Å². The van der Waals surface area contributed by atoms with Gasteiger partial charge in [0.05, 0.1) is 0 Å². The van der Waals surface area contributed by atoms with Gasteiger partial charge in [0.25, 0.3) is 5.91 Å². The Hall–Kier alpha value is -3.09. The van der Waals surface area contributed by atoms with Crippen molar-refractivity contribution in [2.24, 2.45) is 5.73 Å². The van der Waals surface area contributed by atoms with Crippen LogP contribution < -0.4 is 20.7 Å². The van der Waals surface area contributed by atoms with Crippen molar-refractivity contribution in [2.75, 3.05) is 16.8 Å². The second kappa shape index (κ2) is 5.77. The van der Waals surface area contributed by atoms with Crippen LogP contribution in [0.5, 0.6) is 5.75 Å². The number of carbonyl (C=O) groups excluding carboxylic acids is 2. The lowest BCUT2D eigenvalue weighted by Gasteiger charge is -2.15. The van der Waals surface area contributed by atoms with Crippen molar-refractivity contribution in [1.29, 1.82) is 0 Å². The maximum Gasteiger partial charge on any atom is 0.319 e. The first kappa shape index (κ1) is 15.4. The molecule has 0 saturated heterocycles. The number of amides is 3. The molecule has 4 rings (SSSR count). The molecule has 2 aromatic rings. The Bertz CT molecular complexity index is 884. The highest BCUT2D eigenvalue weighted by atomic mass is 19.1. The minimum atomic E-state index is -0.688. The molecule has 1 atom stereocenters. The minimum Gasteiger partial charge on any atom is -0.480 e. The number of halogens is 1. The van der Waals surface area contributed by atoms with Crippen LogP contribution in [0.2, 0.25) is 0 Å². The molecule has 2 aliphatic heterocycles. The Morgan fingerprint density at radius 2 is 2.04 bits per heavy atom. The molecule has 0 radical (unpaired) electrons. The van der Waals surface area contributed by atoms with Crippen LogP contribution in [0.25, 0.3) is 0 Å². The minimum absolute atomic E-state index is 0.290. The van der Waals surface area contributed by atoms with Crippen molar-refractivity contribution in [1.82, 2.24) is 0 Å². The van der Waals surface area contributed by atoms with Gasteiger partial charge < -0.3 is 15.8 Å². The lowest BCUT2D eigenvalue weighted by Crippen LogP contribution is -2.34. The van der Waals surface area contributed by atoms with E-state index in [-0.39, 0.29) is 11.7 Å². The quantitative estimate of drug-likeness (QED) is 0.878. The summed E-state index contributed by atoms with van der Waals surface area (Å²) >= 11 is 0. The molecule has 0 fully saturated rings. The number of nitrogens with two attached hydrogens (primary N) is 1. The number of carbonyl (C=O) groups is 2. The molecule has 0 unspecified atom stereocenters. The van der Waals surface area contributed by atoms with Crippen LogP contribution in [-0.2, 0) is 17.6 Å². The summed E-state index contributed by atoms with van der Waals surface area (Å²) in [5.41, 5.74) is 8.37. The number of hydrogen-bond donors (Lipinski definition) is 2. The van der Waals surface area contributed by atoms with Crippen LogP contribution in [0.4, 0.5) is 20.6 Å². The highest BCUT2D eigenvalue weighted by molar-refractivity contribution is 5.97. The van der Waals surface area contributed by atoms with Crippen molar-refractivity contribution in [3.8, 4) is 5.75 Å². The number of primary amides is 1. The van der Waals surface area contributed by atoms with Crippen LogP contribution in [0.3, 0.4) is 0 Å². The Balaban J connectivity index is 1.47. The Morgan fingerprint density at radius 3 is 2.84 bits per heavy atom. The largest absolute Gasteiger partial charge is 0.480 e. The van der Waals surface area contributed by atoms with Gasteiger partial charge in [-0.25, -0.2) is 9.18 Å². The standard InChI is InChI=1S/C18H16FN3O3/c19-12-1-4-15-11(7-12)9-16(25-15)17(23)21-13-2-3-14-10(8-13)5-6-22(14)18(20)24/h1-4,7-8,16H,5-6,9H2,(H2,20,24)(H,21,23)/t16-/m0/s1. The van der Waals surface area contributed by atoms with E-state index in [0.717, 1.165) is 11.3 Å². The summed E-state index contributed by atoms with van der Waals surface area (Å²) in [5.74, 6) is -0.102. The van der Waals surface area contributed by atoms with E-state index in [1.165, 1.54) is 23.1 Å². The molecule has 0 aromatic heterocycles. The monoisotopic (exact) mass is 341 g/mol. The molecule has 6 nitrogen and oxygen atoms in total. The lowest BCUT2D eigenvalue weighted by molar-refractivity contribution is -0.122. The van der Waals surface area contributed by atoms with Crippen molar-refractivity contribution < 1.29 is 18.7 Å². The van der Waals surface area contributed by atoms with E-state index >= 15 is 0 Å². The van der Waals surface area contributed by atoms with Crippen LogP contribution >= 0.6 is 0 Å². The first-order chi connectivity index (χ1) is 12.0. The number of urea groups is 1. The van der Waals surface area contributed by atoms with Gasteiger partial charge in [0.15, 0.2) is 6.10 Å². The maximum absolute atomic E-state index is 13.3. The summed E-state index contributed by atoms with van der Waals surface area (Å²) < 4.78 is 18.8. The van der Waals surface area contributed by atoms with Crippen LogP contribution in [-0.4, -0.2) is 24.6 Å². The van der Waals surface area contributed by atoms with Gasteiger partial charge in [0, 0.05) is 29.9 Å². The summed E-state index contributed by atoms with van der Waals surface area (Å²) in [6.45, 7) is 0.536. The summed E-state index contributed by atoms with van der Waals surface area (Å²) in [6.07, 6.45) is 0.332. The number of rotatable bonds is 2. The van der Waals surface area contributed by atoms with Gasteiger partial charge in [0.1, 0.15) is 11.6 Å². The van der Waals surface area contributed by atoms with E-state index in [4.69, 9.17) is 10.5 Å². The molecule has 7 heteroatoms. The van der Waals surface area contributed by atoms with Gasteiger partial charge in [-0.05, 0) is 48.4 Å². The molecule has 0 bridgehead atoms. The molecule has 2 aromatic carbocycles. The van der Waals surface area contributed by atoms with Gasteiger partial charge in [0.2, 0.25) is 0 Å².